The van der Waals surface area contributed by atoms with Crippen LogP contribution in [0.2, 0.25) is 0 Å². The van der Waals surface area contributed by atoms with E-state index in [2.05, 4.69) is 5.32 Å². The summed E-state index contributed by atoms with van der Waals surface area (Å²) in [7, 11) is 0. The van der Waals surface area contributed by atoms with Crippen LogP contribution in [-0.4, -0.2) is 17.6 Å². The van der Waals surface area contributed by atoms with Gasteiger partial charge in [0.15, 0.2) is 0 Å². The van der Waals surface area contributed by atoms with E-state index in [1.165, 1.54) is 0 Å². The Morgan fingerprint density at radius 1 is 1.55 bits per heavy atom. The number of anilines is 2. The van der Waals surface area contributed by atoms with E-state index in [1.54, 1.807) is 6.07 Å². The van der Waals surface area contributed by atoms with Crippen LogP contribution in [0.5, 0.6) is 5.75 Å². The molecule has 20 heavy (non-hydrogen) atoms. The number of hydrogen-bond acceptors (Lipinski definition) is 4. The fourth-order valence-electron chi connectivity index (χ4n) is 2.90. The van der Waals surface area contributed by atoms with Gasteiger partial charge in [-0.15, -0.1) is 0 Å². The van der Waals surface area contributed by atoms with Gasteiger partial charge in [0, 0.05) is 0 Å². The number of aromatic hydroxyl groups is 1. The number of nitrogens with zero attached hydrogens (tertiary/aromatic N) is 1. The molecular formula is C15H17N3O2. The zero-order chi connectivity index (χ0) is 14.4. The standard InChI is InChI=1S/C15H17N3O2/c1-3-4-9-7-18-13-8(2)5-6-10(19)12(13)17-15(18)11(9)14(16)20/h4-6,17,19H,3,7H2,1-2H3,(H2,16,20)/b9-4-. The Hall–Kier alpha value is -2.43. The molecule has 0 atom stereocenters. The third-order valence-electron chi connectivity index (χ3n) is 3.72. The van der Waals surface area contributed by atoms with E-state index in [0.29, 0.717) is 23.6 Å². The molecule has 2 aliphatic heterocycles. The quantitative estimate of drug-likeness (QED) is 0.719. The minimum atomic E-state index is -0.445. The molecule has 1 aromatic carbocycles. The largest absolute Gasteiger partial charge is 0.506 e. The molecule has 1 amide bonds. The van der Waals surface area contributed by atoms with Crippen molar-refractivity contribution in [2.75, 3.05) is 16.8 Å². The van der Waals surface area contributed by atoms with E-state index in [-0.39, 0.29) is 5.75 Å². The van der Waals surface area contributed by atoms with E-state index in [9.17, 15) is 9.90 Å². The number of rotatable bonds is 2. The molecule has 0 unspecified atom stereocenters. The van der Waals surface area contributed by atoms with Gasteiger partial charge in [0.05, 0.1) is 17.8 Å². The summed E-state index contributed by atoms with van der Waals surface area (Å²) in [5.74, 6) is 0.411. The topological polar surface area (TPSA) is 78.6 Å². The normalized spacial score (nSPS) is 18.3. The van der Waals surface area contributed by atoms with E-state index >= 15 is 0 Å². The molecule has 0 spiro atoms. The summed E-state index contributed by atoms with van der Waals surface area (Å²) in [5, 5.41) is 13.1. The van der Waals surface area contributed by atoms with E-state index in [0.717, 1.165) is 23.2 Å². The van der Waals surface area contributed by atoms with Crippen molar-refractivity contribution in [2.45, 2.75) is 20.3 Å². The van der Waals surface area contributed by atoms with Gasteiger partial charge in [-0.05, 0) is 30.5 Å². The van der Waals surface area contributed by atoms with Crippen molar-refractivity contribution < 1.29 is 9.90 Å². The van der Waals surface area contributed by atoms with Crippen LogP contribution in [0.3, 0.4) is 0 Å². The molecule has 0 aliphatic carbocycles. The molecule has 0 radical (unpaired) electrons. The Kier molecular flexibility index (Phi) is 2.71. The molecule has 0 fully saturated rings. The van der Waals surface area contributed by atoms with Crippen LogP contribution < -0.4 is 16.0 Å². The Morgan fingerprint density at radius 2 is 2.30 bits per heavy atom. The smallest absolute Gasteiger partial charge is 0.252 e. The molecule has 0 saturated heterocycles. The highest BCUT2D eigenvalue weighted by Gasteiger charge is 2.38. The molecule has 1 aromatic rings. The lowest BCUT2D eigenvalue weighted by Crippen LogP contribution is -2.19. The summed E-state index contributed by atoms with van der Waals surface area (Å²) in [6.45, 7) is 4.61. The van der Waals surface area contributed by atoms with Crippen LogP contribution in [0.1, 0.15) is 18.9 Å². The van der Waals surface area contributed by atoms with Gasteiger partial charge in [-0.1, -0.05) is 19.1 Å². The number of aryl methyl sites for hydroxylation is 1. The van der Waals surface area contributed by atoms with Crippen LogP contribution >= 0.6 is 0 Å². The van der Waals surface area contributed by atoms with Gasteiger partial charge in [-0.3, -0.25) is 4.79 Å². The fourth-order valence-corrected chi connectivity index (χ4v) is 2.90. The number of fused-ring (bicyclic) bond motifs is 3. The number of benzene rings is 1. The molecule has 2 heterocycles. The Morgan fingerprint density at radius 3 is 2.95 bits per heavy atom. The Balaban J connectivity index is 2.19. The number of primary amides is 1. The number of amides is 1. The van der Waals surface area contributed by atoms with Gasteiger partial charge in [0.2, 0.25) is 0 Å². The zero-order valence-corrected chi connectivity index (χ0v) is 11.5. The summed E-state index contributed by atoms with van der Waals surface area (Å²) >= 11 is 0. The van der Waals surface area contributed by atoms with Crippen molar-refractivity contribution in [1.82, 2.24) is 0 Å². The number of nitrogens with two attached hydrogens (primary N) is 1. The Labute approximate surface area is 117 Å². The van der Waals surface area contributed by atoms with Gasteiger partial charge < -0.3 is 21.1 Å². The summed E-state index contributed by atoms with van der Waals surface area (Å²) < 4.78 is 0. The molecule has 5 nitrogen and oxygen atoms in total. The second-order valence-electron chi connectivity index (χ2n) is 5.06. The van der Waals surface area contributed by atoms with Gasteiger partial charge in [0.25, 0.3) is 5.91 Å². The first kappa shape index (κ1) is 12.6. The SMILES string of the molecule is CC/C=C1/CN2C(=C1C(N)=O)Nc1c(O)ccc(C)c12. The first-order chi connectivity index (χ1) is 9.54. The zero-order valence-electron chi connectivity index (χ0n) is 11.5. The van der Waals surface area contributed by atoms with Gasteiger partial charge in [-0.25, -0.2) is 0 Å². The number of hydrogen-bond donors (Lipinski definition) is 3. The monoisotopic (exact) mass is 271 g/mol. The molecule has 0 aromatic heterocycles. The summed E-state index contributed by atoms with van der Waals surface area (Å²) in [4.78, 5) is 13.8. The molecule has 0 bridgehead atoms. The minimum Gasteiger partial charge on any atom is -0.506 e. The van der Waals surface area contributed by atoms with Crippen molar-refractivity contribution in [1.29, 1.82) is 0 Å². The van der Waals surface area contributed by atoms with Crippen molar-refractivity contribution >= 4 is 17.3 Å². The molecule has 2 aliphatic rings. The lowest BCUT2D eigenvalue weighted by molar-refractivity contribution is -0.114. The number of allylic oxidation sites excluding steroid dienone is 1. The van der Waals surface area contributed by atoms with Crippen LogP contribution in [-0.2, 0) is 4.79 Å². The molecule has 5 heteroatoms. The lowest BCUT2D eigenvalue weighted by atomic mass is 10.1. The third-order valence-corrected chi connectivity index (χ3v) is 3.72. The van der Waals surface area contributed by atoms with E-state index in [1.807, 2.05) is 30.9 Å². The molecule has 0 saturated carbocycles. The summed E-state index contributed by atoms with van der Waals surface area (Å²) in [6.07, 6.45) is 2.87. The highest BCUT2D eigenvalue weighted by atomic mass is 16.3. The maximum atomic E-state index is 11.7. The van der Waals surface area contributed by atoms with Crippen molar-refractivity contribution in [2.24, 2.45) is 5.73 Å². The van der Waals surface area contributed by atoms with Crippen molar-refractivity contribution in [3.05, 3.63) is 40.7 Å². The second kappa shape index (κ2) is 4.30. The van der Waals surface area contributed by atoms with E-state index < -0.39 is 5.91 Å². The Bertz CT molecular complexity index is 674. The molecule has 104 valence electrons. The van der Waals surface area contributed by atoms with Crippen LogP contribution in [0, 0.1) is 6.92 Å². The van der Waals surface area contributed by atoms with Crippen LogP contribution in [0.4, 0.5) is 11.4 Å². The van der Waals surface area contributed by atoms with Crippen LogP contribution in [0.25, 0.3) is 0 Å². The fraction of sp³-hybridized carbons (Fsp3) is 0.267. The number of nitrogens with one attached hydrogen (secondary N) is 1. The minimum absolute atomic E-state index is 0.178. The number of phenolic OH excluding ortho intramolecular Hbond substituents is 1. The maximum absolute atomic E-state index is 11.7. The first-order valence-corrected chi connectivity index (χ1v) is 6.65. The van der Waals surface area contributed by atoms with Gasteiger partial charge >= 0.3 is 0 Å². The predicted molar refractivity (Wildman–Crippen MR) is 78.4 cm³/mol. The number of phenols is 1. The molecule has 3 rings (SSSR count). The van der Waals surface area contributed by atoms with Gasteiger partial charge in [-0.2, -0.15) is 0 Å². The van der Waals surface area contributed by atoms with Crippen molar-refractivity contribution in [3.63, 3.8) is 0 Å². The summed E-state index contributed by atoms with van der Waals surface area (Å²) in [6, 6.07) is 3.51. The first-order valence-electron chi connectivity index (χ1n) is 6.65. The van der Waals surface area contributed by atoms with Crippen molar-refractivity contribution in [3.8, 4) is 5.75 Å². The van der Waals surface area contributed by atoms with E-state index in [4.69, 9.17) is 5.73 Å². The second-order valence-corrected chi connectivity index (χ2v) is 5.06. The maximum Gasteiger partial charge on any atom is 0.252 e. The third kappa shape index (κ3) is 1.59. The average Bonchev–Trinajstić information content (AvgIpc) is 2.90. The highest BCUT2D eigenvalue weighted by molar-refractivity contribution is 6.03. The van der Waals surface area contributed by atoms with Crippen LogP contribution in [0.15, 0.2) is 35.2 Å². The number of carbonyl (C=O) groups excluding carboxylic acids is 1. The average molecular weight is 271 g/mol. The number of carbonyl (C=O) groups is 1. The highest BCUT2D eigenvalue weighted by Crippen LogP contribution is 2.48. The van der Waals surface area contributed by atoms with Gasteiger partial charge in [0.1, 0.15) is 17.3 Å². The lowest BCUT2D eigenvalue weighted by Gasteiger charge is -2.15. The predicted octanol–water partition coefficient (Wildman–Crippen LogP) is 1.98. The molecular weight excluding hydrogens is 254 g/mol. The summed E-state index contributed by atoms with van der Waals surface area (Å²) in [5.41, 5.74) is 9.58. The molecule has 4 N–H and O–H groups in total.